The molecule has 2 amide bonds. The summed E-state index contributed by atoms with van der Waals surface area (Å²) in [6.07, 6.45) is 1.75. The summed E-state index contributed by atoms with van der Waals surface area (Å²) in [4.78, 5) is 23.2. The van der Waals surface area contributed by atoms with E-state index in [9.17, 15) is 9.59 Å². The van der Waals surface area contributed by atoms with Crippen molar-refractivity contribution in [3.63, 3.8) is 0 Å². The van der Waals surface area contributed by atoms with Gasteiger partial charge in [0, 0.05) is 29.2 Å². The summed E-state index contributed by atoms with van der Waals surface area (Å²) >= 11 is 3.37. The van der Waals surface area contributed by atoms with E-state index >= 15 is 0 Å². The lowest BCUT2D eigenvalue weighted by atomic mass is 10.2. The van der Waals surface area contributed by atoms with Crippen molar-refractivity contribution in [3.8, 4) is 0 Å². The second-order valence-corrected chi connectivity index (χ2v) is 5.69. The van der Waals surface area contributed by atoms with Gasteiger partial charge in [0.2, 0.25) is 11.8 Å². The summed E-state index contributed by atoms with van der Waals surface area (Å²) in [6.45, 7) is 5.95. The number of hydrogen-bond donors (Lipinski definition) is 2. The molecule has 0 unspecified atom stereocenters. The number of rotatable bonds is 5. The van der Waals surface area contributed by atoms with Crippen molar-refractivity contribution in [3.05, 3.63) is 39.9 Å². The SMILES string of the molecule is CC(C)=CC(=O)NCCC(=O)Nc1cc(Br)ccc1C. The zero-order valence-corrected chi connectivity index (χ0v) is 13.5. The van der Waals surface area contributed by atoms with Gasteiger partial charge in [-0.25, -0.2) is 0 Å². The second-order valence-electron chi connectivity index (χ2n) is 4.77. The first-order valence-corrected chi connectivity index (χ1v) is 7.16. The van der Waals surface area contributed by atoms with Crippen LogP contribution in [0.5, 0.6) is 0 Å². The van der Waals surface area contributed by atoms with Crippen LogP contribution in [0.4, 0.5) is 5.69 Å². The molecule has 0 atom stereocenters. The smallest absolute Gasteiger partial charge is 0.243 e. The van der Waals surface area contributed by atoms with E-state index in [0.717, 1.165) is 21.3 Å². The van der Waals surface area contributed by atoms with Crippen molar-refractivity contribution in [2.24, 2.45) is 0 Å². The number of nitrogens with one attached hydrogen (secondary N) is 2. The Morgan fingerprint density at radius 3 is 2.65 bits per heavy atom. The Balaban J connectivity index is 2.43. The molecule has 1 aromatic carbocycles. The van der Waals surface area contributed by atoms with E-state index in [0.29, 0.717) is 6.54 Å². The Labute approximate surface area is 127 Å². The molecule has 0 saturated carbocycles. The molecule has 1 aromatic rings. The molecular weight excluding hydrogens is 320 g/mol. The van der Waals surface area contributed by atoms with Crippen LogP contribution in [0.2, 0.25) is 0 Å². The number of benzene rings is 1. The summed E-state index contributed by atoms with van der Waals surface area (Å²) in [5.74, 6) is -0.292. The molecule has 0 bridgehead atoms. The Hall–Kier alpha value is -1.62. The monoisotopic (exact) mass is 338 g/mol. The fourth-order valence-electron chi connectivity index (χ4n) is 1.55. The van der Waals surface area contributed by atoms with Gasteiger partial charge in [0.05, 0.1) is 0 Å². The molecular formula is C15H19BrN2O2. The highest BCUT2D eigenvalue weighted by Crippen LogP contribution is 2.20. The van der Waals surface area contributed by atoms with Gasteiger partial charge in [0.1, 0.15) is 0 Å². The van der Waals surface area contributed by atoms with Gasteiger partial charge in [-0.05, 0) is 38.5 Å². The first-order chi connectivity index (χ1) is 9.38. The highest BCUT2D eigenvalue weighted by Gasteiger charge is 2.06. The highest BCUT2D eigenvalue weighted by atomic mass is 79.9. The van der Waals surface area contributed by atoms with Crippen LogP contribution in [0.25, 0.3) is 0 Å². The summed E-state index contributed by atoms with van der Waals surface area (Å²) < 4.78 is 0.912. The van der Waals surface area contributed by atoms with Gasteiger partial charge in [-0.15, -0.1) is 0 Å². The maximum absolute atomic E-state index is 11.8. The van der Waals surface area contributed by atoms with Crippen LogP contribution in [0.3, 0.4) is 0 Å². The van der Waals surface area contributed by atoms with E-state index in [2.05, 4.69) is 26.6 Å². The zero-order valence-electron chi connectivity index (χ0n) is 11.9. The van der Waals surface area contributed by atoms with Crippen molar-refractivity contribution in [1.29, 1.82) is 0 Å². The molecule has 20 heavy (non-hydrogen) atoms. The lowest BCUT2D eigenvalue weighted by Gasteiger charge is -2.09. The van der Waals surface area contributed by atoms with E-state index in [1.807, 2.05) is 39.0 Å². The molecule has 108 valence electrons. The number of aryl methyl sites for hydroxylation is 1. The normalized spacial score (nSPS) is 9.80. The minimum Gasteiger partial charge on any atom is -0.352 e. The summed E-state index contributed by atoms with van der Waals surface area (Å²) in [6, 6.07) is 5.70. The average molecular weight is 339 g/mol. The minimum atomic E-state index is -0.170. The Morgan fingerprint density at radius 1 is 1.30 bits per heavy atom. The van der Waals surface area contributed by atoms with Crippen LogP contribution >= 0.6 is 15.9 Å². The molecule has 4 nitrogen and oxygen atoms in total. The third-order valence-electron chi connectivity index (χ3n) is 2.54. The van der Waals surface area contributed by atoms with Crippen LogP contribution in [-0.2, 0) is 9.59 Å². The lowest BCUT2D eigenvalue weighted by Crippen LogP contribution is -2.26. The van der Waals surface area contributed by atoms with E-state index < -0.39 is 0 Å². The van der Waals surface area contributed by atoms with E-state index in [1.54, 1.807) is 0 Å². The fraction of sp³-hybridized carbons (Fsp3) is 0.333. The molecule has 0 aliphatic heterocycles. The standard InChI is InChI=1S/C15H19BrN2O2/c1-10(2)8-15(20)17-7-6-14(19)18-13-9-12(16)5-4-11(13)3/h4-5,8-9H,6-7H2,1-3H3,(H,17,20)(H,18,19). The maximum atomic E-state index is 11.8. The molecule has 5 heteroatoms. The van der Waals surface area contributed by atoms with Gasteiger partial charge in [-0.2, -0.15) is 0 Å². The van der Waals surface area contributed by atoms with Gasteiger partial charge in [0.25, 0.3) is 0 Å². The number of amides is 2. The van der Waals surface area contributed by atoms with E-state index in [1.165, 1.54) is 6.08 Å². The largest absolute Gasteiger partial charge is 0.352 e. The predicted octanol–water partition coefficient (Wildman–Crippen LogP) is 3.17. The van der Waals surface area contributed by atoms with Crippen LogP contribution in [0.15, 0.2) is 34.3 Å². The van der Waals surface area contributed by atoms with Gasteiger partial charge in [-0.3, -0.25) is 9.59 Å². The first-order valence-electron chi connectivity index (χ1n) is 6.37. The van der Waals surface area contributed by atoms with Gasteiger partial charge < -0.3 is 10.6 Å². The molecule has 2 N–H and O–H groups in total. The number of anilines is 1. The molecule has 0 radical (unpaired) electrons. The van der Waals surface area contributed by atoms with E-state index in [4.69, 9.17) is 0 Å². The fourth-order valence-corrected chi connectivity index (χ4v) is 1.92. The molecule has 0 aliphatic carbocycles. The Morgan fingerprint density at radius 2 is 2.00 bits per heavy atom. The van der Waals surface area contributed by atoms with Crippen molar-refractivity contribution in [2.75, 3.05) is 11.9 Å². The van der Waals surface area contributed by atoms with Crippen molar-refractivity contribution in [1.82, 2.24) is 5.32 Å². The highest BCUT2D eigenvalue weighted by molar-refractivity contribution is 9.10. The first kappa shape index (κ1) is 16.4. The van der Waals surface area contributed by atoms with Gasteiger partial charge >= 0.3 is 0 Å². The minimum absolute atomic E-state index is 0.122. The van der Waals surface area contributed by atoms with Crippen LogP contribution in [0.1, 0.15) is 25.8 Å². The number of carbonyl (C=O) groups is 2. The van der Waals surface area contributed by atoms with E-state index in [-0.39, 0.29) is 18.2 Å². The summed E-state index contributed by atoms with van der Waals surface area (Å²) in [5.41, 5.74) is 2.70. The van der Waals surface area contributed by atoms with Crippen molar-refractivity contribution >= 4 is 33.4 Å². The lowest BCUT2D eigenvalue weighted by molar-refractivity contribution is -0.117. The molecule has 0 saturated heterocycles. The van der Waals surface area contributed by atoms with Crippen LogP contribution < -0.4 is 10.6 Å². The zero-order chi connectivity index (χ0) is 15.1. The van der Waals surface area contributed by atoms with Crippen molar-refractivity contribution in [2.45, 2.75) is 27.2 Å². The maximum Gasteiger partial charge on any atom is 0.243 e. The molecule has 0 aliphatic rings. The Bertz CT molecular complexity index is 535. The molecule has 0 spiro atoms. The Kier molecular flexibility index (Phi) is 6.45. The predicted molar refractivity (Wildman–Crippen MR) is 84.6 cm³/mol. The number of allylic oxidation sites excluding steroid dienone is 1. The van der Waals surface area contributed by atoms with Crippen LogP contribution in [-0.4, -0.2) is 18.4 Å². The molecule has 0 aromatic heterocycles. The quantitative estimate of drug-likeness (QED) is 0.810. The summed E-state index contributed by atoms with van der Waals surface area (Å²) in [7, 11) is 0. The number of hydrogen-bond acceptors (Lipinski definition) is 2. The molecule has 0 heterocycles. The van der Waals surface area contributed by atoms with Gasteiger partial charge in [-0.1, -0.05) is 27.6 Å². The third kappa shape index (κ3) is 6.02. The second kappa shape index (κ2) is 7.85. The third-order valence-corrected chi connectivity index (χ3v) is 3.04. The van der Waals surface area contributed by atoms with Crippen LogP contribution in [0, 0.1) is 6.92 Å². The molecule has 1 rings (SSSR count). The topological polar surface area (TPSA) is 58.2 Å². The number of halogens is 1. The summed E-state index contributed by atoms with van der Waals surface area (Å²) in [5, 5.41) is 5.50. The van der Waals surface area contributed by atoms with Gasteiger partial charge in [0.15, 0.2) is 0 Å². The number of carbonyl (C=O) groups excluding carboxylic acids is 2. The molecule has 0 fully saturated rings. The average Bonchev–Trinajstić information content (AvgIpc) is 2.33. The van der Waals surface area contributed by atoms with Crippen molar-refractivity contribution < 1.29 is 9.59 Å².